The molecule has 0 bridgehead atoms. The van der Waals surface area contributed by atoms with Crippen molar-refractivity contribution in [3.8, 4) is 0 Å². The number of hydrogen-bond acceptors (Lipinski definition) is 4. The van der Waals surface area contributed by atoms with E-state index < -0.39 is 0 Å². The number of anilines is 2. The molecule has 1 aromatic carbocycles. The van der Waals surface area contributed by atoms with E-state index in [1.54, 1.807) is 32.0 Å². The molecule has 2 rings (SSSR count). The summed E-state index contributed by atoms with van der Waals surface area (Å²) in [5.41, 5.74) is 7.39. The molecule has 2 aromatic rings. The van der Waals surface area contributed by atoms with Crippen LogP contribution in [0.1, 0.15) is 22.1 Å². The van der Waals surface area contributed by atoms with Gasteiger partial charge in [-0.3, -0.25) is 4.79 Å². The van der Waals surface area contributed by atoms with Gasteiger partial charge in [-0.25, -0.2) is 4.98 Å². The molecule has 0 aliphatic rings. The molecule has 94 valence electrons. The number of oxazole rings is 1. The summed E-state index contributed by atoms with van der Waals surface area (Å²) in [5.74, 6) is 0.325. The molecule has 0 radical (unpaired) electrons. The zero-order chi connectivity index (χ0) is 13.3. The first-order valence-electron chi connectivity index (χ1n) is 5.28. The van der Waals surface area contributed by atoms with Crippen LogP contribution in [0.15, 0.2) is 27.1 Å². The van der Waals surface area contributed by atoms with Gasteiger partial charge in [0.15, 0.2) is 5.89 Å². The van der Waals surface area contributed by atoms with Gasteiger partial charge in [0, 0.05) is 17.1 Å². The quantitative estimate of drug-likeness (QED) is 0.836. The Labute approximate surface area is 113 Å². The normalized spacial score (nSPS) is 10.4. The van der Waals surface area contributed by atoms with E-state index in [2.05, 4.69) is 26.2 Å². The van der Waals surface area contributed by atoms with Crippen molar-refractivity contribution in [3.05, 3.63) is 40.0 Å². The average Bonchev–Trinajstić information content (AvgIpc) is 2.63. The van der Waals surface area contributed by atoms with Crippen LogP contribution in [0.25, 0.3) is 0 Å². The molecule has 0 saturated carbocycles. The highest BCUT2D eigenvalue weighted by Crippen LogP contribution is 2.25. The largest absolute Gasteiger partial charge is 0.436 e. The minimum atomic E-state index is -0.348. The molecule has 0 aliphatic carbocycles. The van der Waals surface area contributed by atoms with Crippen LogP contribution in [0.3, 0.4) is 0 Å². The van der Waals surface area contributed by atoms with E-state index in [9.17, 15) is 4.79 Å². The van der Waals surface area contributed by atoms with E-state index in [4.69, 9.17) is 10.2 Å². The van der Waals surface area contributed by atoms with Gasteiger partial charge in [-0.05, 0) is 41.1 Å². The maximum absolute atomic E-state index is 12.0. The van der Waals surface area contributed by atoms with Crippen LogP contribution >= 0.6 is 15.9 Å². The third kappa shape index (κ3) is 2.53. The predicted octanol–water partition coefficient (Wildman–Crippen LogP) is 2.89. The van der Waals surface area contributed by atoms with Crippen LogP contribution in [0, 0.1) is 13.8 Å². The Morgan fingerprint density at radius 2 is 2.17 bits per heavy atom. The van der Waals surface area contributed by atoms with Gasteiger partial charge >= 0.3 is 0 Å². The third-order valence-corrected chi connectivity index (χ3v) is 3.04. The summed E-state index contributed by atoms with van der Waals surface area (Å²) in [4.78, 5) is 16.1. The number of nitrogens with one attached hydrogen (secondary N) is 1. The first kappa shape index (κ1) is 12.6. The van der Waals surface area contributed by atoms with Crippen molar-refractivity contribution in [2.24, 2.45) is 0 Å². The number of amides is 1. The van der Waals surface area contributed by atoms with Crippen LogP contribution in [-0.4, -0.2) is 10.9 Å². The van der Waals surface area contributed by atoms with Crippen molar-refractivity contribution in [3.63, 3.8) is 0 Å². The van der Waals surface area contributed by atoms with Gasteiger partial charge in [0.05, 0.1) is 11.4 Å². The SMILES string of the molecule is Cc1nc(C)c(C(=O)Nc2cc(N)ccc2Br)o1. The highest BCUT2D eigenvalue weighted by atomic mass is 79.9. The van der Waals surface area contributed by atoms with Crippen molar-refractivity contribution in [2.75, 3.05) is 11.1 Å². The number of halogens is 1. The van der Waals surface area contributed by atoms with Gasteiger partial charge in [0.1, 0.15) is 0 Å². The monoisotopic (exact) mass is 309 g/mol. The molecule has 1 amide bonds. The van der Waals surface area contributed by atoms with E-state index in [-0.39, 0.29) is 11.7 Å². The number of aryl methyl sites for hydroxylation is 2. The Balaban J connectivity index is 2.26. The summed E-state index contributed by atoms with van der Waals surface area (Å²) in [6, 6.07) is 5.17. The summed E-state index contributed by atoms with van der Waals surface area (Å²) in [7, 11) is 0. The van der Waals surface area contributed by atoms with Gasteiger partial charge in [-0.15, -0.1) is 0 Å². The lowest BCUT2D eigenvalue weighted by atomic mass is 10.2. The molecular weight excluding hydrogens is 298 g/mol. The second-order valence-electron chi connectivity index (χ2n) is 3.84. The standard InChI is InChI=1S/C12H12BrN3O2/c1-6-11(18-7(2)15-6)12(17)16-10-5-8(14)3-4-9(10)13/h3-5H,14H2,1-2H3,(H,16,17). The van der Waals surface area contributed by atoms with Gasteiger partial charge in [0.25, 0.3) is 5.91 Å². The zero-order valence-corrected chi connectivity index (χ0v) is 11.5. The number of nitrogens with two attached hydrogens (primary N) is 1. The molecule has 0 unspecified atom stereocenters. The van der Waals surface area contributed by atoms with E-state index >= 15 is 0 Å². The molecule has 5 nitrogen and oxygen atoms in total. The van der Waals surface area contributed by atoms with Gasteiger partial charge < -0.3 is 15.5 Å². The lowest BCUT2D eigenvalue weighted by molar-refractivity contribution is 0.0994. The van der Waals surface area contributed by atoms with Crippen LogP contribution in [0.2, 0.25) is 0 Å². The number of aromatic nitrogens is 1. The highest BCUT2D eigenvalue weighted by molar-refractivity contribution is 9.10. The molecule has 6 heteroatoms. The Morgan fingerprint density at radius 3 is 2.78 bits per heavy atom. The fourth-order valence-corrected chi connectivity index (χ4v) is 1.91. The molecule has 1 aromatic heterocycles. The molecule has 0 spiro atoms. The van der Waals surface area contributed by atoms with Crippen LogP contribution in [0.5, 0.6) is 0 Å². The fourth-order valence-electron chi connectivity index (χ4n) is 1.56. The summed E-state index contributed by atoms with van der Waals surface area (Å²) >= 11 is 3.34. The molecular formula is C12H12BrN3O2. The topological polar surface area (TPSA) is 81.2 Å². The van der Waals surface area contributed by atoms with E-state index in [0.717, 1.165) is 4.47 Å². The van der Waals surface area contributed by atoms with E-state index in [1.807, 2.05) is 0 Å². The summed E-state index contributed by atoms with van der Waals surface area (Å²) < 4.78 is 6.00. The molecule has 18 heavy (non-hydrogen) atoms. The summed E-state index contributed by atoms with van der Waals surface area (Å²) in [6.07, 6.45) is 0. The van der Waals surface area contributed by atoms with Crippen molar-refractivity contribution in [1.82, 2.24) is 4.98 Å². The molecule has 0 fully saturated rings. The number of nitrogen functional groups attached to an aromatic ring is 1. The van der Waals surface area contributed by atoms with Gasteiger partial charge in [0.2, 0.25) is 5.76 Å². The Bertz CT molecular complexity index is 607. The number of benzene rings is 1. The maximum atomic E-state index is 12.0. The molecule has 0 aliphatic heterocycles. The third-order valence-electron chi connectivity index (χ3n) is 2.35. The van der Waals surface area contributed by atoms with E-state index in [0.29, 0.717) is 23.0 Å². The molecule has 0 saturated heterocycles. The van der Waals surface area contributed by atoms with E-state index in [1.165, 1.54) is 0 Å². The maximum Gasteiger partial charge on any atom is 0.293 e. The first-order valence-corrected chi connectivity index (χ1v) is 6.07. The lowest BCUT2D eigenvalue weighted by Gasteiger charge is -2.06. The summed E-state index contributed by atoms with van der Waals surface area (Å²) in [5, 5.41) is 2.72. The van der Waals surface area contributed by atoms with Crippen LogP contribution in [-0.2, 0) is 0 Å². The van der Waals surface area contributed by atoms with Crippen LogP contribution in [0.4, 0.5) is 11.4 Å². The predicted molar refractivity (Wildman–Crippen MR) is 72.5 cm³/mol. The number of carbonyl (C=O) groups is 1. The Kier molecular flexibility index (Phi) is 3.38. The molecule has 0 atom stereocenters. The second-order valence-corrected chi connectivity index (χ2v) is 4.70. The highest BCUT2D eigenvalue weighted by Gasteiger charge is 2.16. The minimum absolute atomic E-state index is 0.210. The van der Waals surface area contributed by atoms with Gasteiger partial charge in [-0.2, -0.15) is 0 Å². The molecule has 1 heterocycles. The smallest absolute Gasteiger partial charge is 0.293 e. The van der Waals surface area contributed by atoms with Crippen molar-refractivity contribution in [1.29, 1.82) is 0 Å². The number of nitrogens with zero attached hydrogens (tertiary/aromatic N) is 1. The Morgan fingerprint density at radius 1 is 1.44 bits per heavy atom. The van der Waals surface area contributed by atoms with Crippen molar-refractivity contribution < 1.29 is 9.21 Å². The van der Waals surface area contributed by atoms with Crippen molar-refractivity contribution >= 4 is 33.2 Å². The molecule has 3 N–H and O–H groups in total. The van der Waals surface area contributed by atoms with Crippen LogP contribution < -0.4 is 11.1 Å². The zero-order valence-electron chi connectivity index (χ0n) is 9.95. The number of hydrogen-bond donors (Lipinski definition) is 2. The Hall–Kier alpha value is -1.82. The minimum Gasteiger partial charge on any atom is -0.436 e. The summed E-state index contributed by atoms with van der Waals surface area (Å²) in [6.45, 7) is 3.42. The number of rotatable bonds is 2. The lowest BCUT2D eigenvalue weighted by Crippen LogP contribution is -2.12. The van der Waals surface area contributed by atoms with Crippen molar-refractivity contribution in [2.45, 2.75) is 13.8 Å². The number of carbonyl (C=O) groups excluding carboxylic acids is 1. The second kappa shape index (κ2) is 4.81. The van der Waals surface area contributed by atoms with Gasteiger partial charge in [-0.1, -0.05) is 0 Å². The average molecular weight is 310 g/mol. The fraction of sp³-hybridized carbons (Fsp3) is 0.167. The first-order chi connectivity index (χ1) is 8.47.